The highest BCUT2D eigenvalue weighted by Crippen LogP contribution is 2.16. The first-order chi connectivity index (χ1) is 23.8. The molecule has 5 N–H and O–H groups in total. The van der Waals surface area contributed by atoms with Gasteiger partial charge in [-0.25, -0.2) is 0 Å². The van der Waals surface area contributed by atoms with Gasteiger partial charge >= 0.3 is 0 Å². The topological polar surface area (TPSA) is 210 Å². The molecule has 16 heteroatoms. The summed E-state index contributed by atoms with van der Waals surface area (Å²) in [7, 11) is -3.95. The van der Waals surface area contributed by atoms with E-state index < -0.39 is 70.0 Å². The van der Waals surface area contributed by atoms with E-state index in [4.69, 9.17) is 4.74 Å². The average Bonchev–Trinajstić information content (AvgIpc) is 3.04. The summed E-state index contributed by atoms with van der Waals surface area (Å²) in [4.78, 5) is 68.7. The molecule has 1 heterocycles. The first-order valence-electron chi connectivity index (χ1n) is 17.4. The van der Waals surface area contributed by atoms with Gasteiger partial charge in [-0.3, -0.25) is 33.1 Å². The van der Waals surface area contributed by atoms with Crippen molar-refractivity contribution in [1.29, 1.82) is 0 Å². The highest BCUT2D eigenvalue weighted by molar-refractivity contribution is 7.86. The summed E-state index contributed by atoms with van der Waals surface area (Å²) in [5.74, 6) is -3.23. The third-order valence-corrected chi connectivity index (χ3v) is 8.75. The number of carbonyl (C=O) groups excluding carboxylic acids is 5. The molecule has 0 spiro atoms. The summed E-state index contributed by atoms with van der Waals surface area (Å²) in [6.07, 6.45) is 1.92. The molecule has 0 unspecified atom stereocenters. The van der Waals surface area contributed by atoms with Gasteiger partial charge in [-0.15, -0.1) is 0 Å². The van der Waals surface area contributed by atoms with Crippen LogP contribution in [0, 0.1) is 11.8 Å². The molecule has 0 radical (unpaired) electrons. The highest BCUT2D eigenvalue weighted by Gasteiger charge is 2.39. The number of ether oxygens (including phenoxy) is 1. The summed E-state index contributed by atoms with van der Waals surface area (Å²) in [6.45, 7) is 11.4. The van der Waals surface area contributed by atoms with Crippen LogP contribution in [-0.2, 0) is 49.4 Å². The second kappa shape index (κ2) is 20.6. The molecule has 15 nitrogen and oxygen atoms in total. The quantitative estimate of drug-likeness (QED) is 0.108. The van der Waals surface area contributed by atoms with E-state index in [0.717, 1.165) is 18.7 Å². The van der Waals surface area contributed by atoms with Crippen molar-refractivity contribution in [3.8, 4) is 0 Å². The van der Waals surface area contributed by atoms with Crippen LogP contribution in [0.1, 0.15) is 66.4 Å². The van der Waals surface area contributed by atoms with Crippen LogP contribution in [0.3, 0.4) is 0 Å². The molecular weight excluding hydrogens is 682 g/mol. The van der Waals surface area contributed by atoms with Crippen molar-refractivity contribution in [2.75, 3.05) is 45.7 Å². The normalized spacial score (nSPS) is 17.5. The Morgan fingerprint density at radius 3 is 1.96 bits per heavy atom. The molecule has 288 valence electrons. The van der Waals surface area contributed by atoms with Gasteiger partial charge in [0.2, 0.25) is 23.6 Å². The SMILES string of the molecule is CC(C)C[C@H](NC(=O)[C@H](CCc1ccccc1)NC(=O)CN1CCOCC1)C(=O)N[C@@H](C)C(=O)N[C@@H](CC(C)C)C(=O)[C@](C)(O)COS(C)(=O)=O. The molecule has 0 bridgehead atoms. The van der Waals surface area contributed by atoms with Crippen molar-refractivity contribution in [2.45, 2.75) is 97.0 Å². The lowest BCUT2D eigenvalue weighted by atomic mass is 9.90. The maximum absolute atomic E-state index is 13.7. The minimum absolute atomic E-state index is 0.0340. The monoisotopic (exact) mass is 739 g/mol. The van der Waals surface area contributed by atoms with Crippen LogP contribution in [0.5, 0.6) is 0 Å². The number of rotatable bonds is 21. The number of hydrogen-bond donors (Lipinski definition) is 5. The maximum Gasteiger partial charge on any atom is 0.264 e. The zero-order valence-corrected chi connectivity index (χ0v) is 31.7. The average molecular weight is 740 g/mol. The maximum atomic E-state index is 13.7. The van der Waals surface area contributed by atoms with Crippen LogP contribution in [0.2, 0.25) is 0 Å². The van der Waals surface area contributed by atoms with Gasteiger partial charge in [-0.2, -0.15) is 8.42 Å². The Labute approximate surface area is 302 Å². The van der Waals surface area contributed by atoms with Gasteiger partial charge in [0.1, 0.15) is 30.3 Å². The standard InChI is InChI=1S/C35H57N5O10S/c1-23(2)19-28(31(42)35(6,46)22-50-51(7,47)48)38-32(43)25(5)36-34(45)29(20-24(3)4)39-33(44)27(14-13-26-11-9-8-10-12-26)37-30(41)21-40-15-17-49-18-16-40/h8-12,23-25,27-29,46H,13-22H2,1-7H3,(H,36,45)(H,37,41)(H,38,43)(H,39,44)/t25-,27-,28-,29-,35+/m0/s1. The Kier molecular flexibility index (Phi) is 17.6. The molecule has 1 aromatic carbocycles. The smallest absolute Gasteiger partial charge is 0.264 e. The summed E-state index contributed by atoms with van der Waals surface area (Å²) < 4.78 is 32.9. The Hall–Kier alpha value is -3.44. The molecular formula is C35H57N5O10S. The van der Waals surface area contributed by atoms with E-state index in [2.05, 4.69) is 25.5 Å². The minimum atomic E-state index is -3.95. The van der Waals surface area contributed by atoms with Crippen molar-refractivity contribution in [3.05, 3.63) is 35.9 Å². The molecule has 1 aliphatic heterocycles. The third kappa shape index (κ3) is 16.6. The van der Waals surface area contributed by atoms with Crippen molar-refractivity contribution in [2.24, 2.45) is 11.8 Å². The number of nitrogens with one attached hydrogen (secondary N) is 4. The second-order valence-electron chi connectivity index (χ2n) is 14.2. The number of Topliss-reactive ketones (excluding diaryl/α,β-unsaturated/α-hetero) is 1. The van der Waals surface area contributed by atoms with Crippen molar-refractivity contribution in [3.63, 3.8) is 0 Å². The summed E-state index contributed by atoms with van der Waals surface area (Å²) in [6, 6.07) is 5.15. The van der Waals surface area contributed by atoms with Gasteiger partial charge in [-0.05, 0) is 56.9 Å². The van der Waals surface area contributed by atoms with E-state index in [1.807, 2.05) is 49.1 Å². The number of hydrogen-bond acceptors (Lipinski definition) is 11. The second-order valence-corrected chi connectivity index (χ2v) is 15.9. The molecule has 0 aromatic heterocycles. The van der Waals surface area contributed by atoms with Crippen molar-refractivity contribution >= 4 is 39.5 Å². The predicted octanol–water partition coefficient (Wildman–Crippen LogP) is 0.299. The number of morpholine rings is 1. The molecule has 1 aromatic rings. The molecule has 2 rings (SSSR count). The number of benzene rings is 1. The van der Waals surface area contributed by atoms with Crippen LogP contribution in [0.15, 0.2) is 30.3 Å². The number of aliphatic hydroxyl groups is 1. The van der Waals surface area contributed by atoms with E-state index in [1.165, 1.54) is 6.92 Å². The van der Waals surface area contributed by atoms with Crippen LogP contribution >= 0.6 is 0 Å². The highest BCUT2D eigenvalue weighted by atomic mass is 32.2. The van der Waals surface area contributed by atoms with Crippen LogP contribution in [0.25, 0.3) is 0 Å². The number of nitrogens with zero attached hydrogens (tertiary/aromatic N) is 1. The molecule has 0 aliphatic carbocycles. The summed E-state index contributed by atoms with van der Waals surface area (Å²) >= 11 is 0. The fourth-order valence-electron chi connectivity index (χ4n) is 5.45. The van der Waals surface area contributed by atoms with Gasteiger partial charge in [0.15, 0.2) is 5.78 Å². The van der Waals surface area contributed by atoms with E-state index in [9.17, 15) is 37.5 Å². The lowest BCUT2D eigenvalue weighted by Crippen LogP contribution is -2.59. The Morgan fingerprint density at radius 2 is 1.39 bits per heavy atom. The predicted molar refractivity (Wildman–Crippen MR) is 191 cm³/mol. The lowest BCUT2D eigenvalue weighted by Gasteiger charge is -2.29. The van der Waals surface area contributed by atoms with Gasteiger partial charge in [0.25, 0.3) is 10.1 Å². The molecule has 0 saturated carbocycles. The van der Waals surface area contributed by atoms with E-state index >= 15 is 0 Å². The Balaban J connectivity index is 2.16. The zero-order chi connectivity index (χ0) is 38.4. The number of ketones is 1. The van der Waals surface area contributed by atoms with E-state index in [1.54, 1.807) is 13.8 Å². The summed E-state index contributed by atoms with van der Waals surface area (Å²) in [5, 5.41) is 21.5. The molecule has 5 atom stereocenters. The van der Waals surface area contributed by atoms with Gasteiger partial charge < -0.3 is 31.1 Å². The van der Waals surface area contributed by atoms with E-state index in [-0.39, 0.29) is 43.6 Å². The number of amides is 4. The van der Waals surface area contributed by atoms with Crippen molar-refractivity contribution < 1.29 is 46.4 Å². The lowest BCUT2D eigenvalue weighted by molar-refractivity contribution is -0.143. The van der Waals surface area contributed by atoms with Gasteiger partial charge in [0.05, 0.1) is 32.1 Å². The summed E-state index contributed by atoms with van der Waals surface area (Å²) in [5.41, 5.74) is -1.25. The Morgan fingerprint density at radius 1 is 0.843 bits per heavy atom. The first kappa shape index (κ1) is 43.7. The van der Waals surface area contributed by atoms with E-state index in [0.29, 0.717) is 32.7 Å². The van der Waals surface area contributed by atoms with Gasteiger partial charge in [-0.1, -0.05) is 58.0 Å². The molecule has 1 saturated heterocycles. The number of aryl methyl sites for hydroxylation is 1. The van der Waals surface area contributed by atoms with Crippen LogP contribution in [-0.4, -0.2) is 123 Å². The van der Waals surface area contributed by atoms with Crippen LogP contribution < -0.4 is 21.3 Å². The molecule has 1 fully saturated rings. The minimum Gasteiger partial charge on any atom is -0.380 e. The third-order valence-electron chi connectivity index (χ3n) is 8.20. The Bertz CT molecular complexity index is 1410. The number of carbonyl (C=O) groups is 5. The van der Waals surface area contributed by atoms with Crippen LogP contribution in [0.4, 0.5) is 0 Å². The molecule has 4 amide bonds. The largest absolute Gasteiger partial charge is 0.380 e. The molecule has 51 heavy (non-hydrogen) atoms. The zero-order valence-electron chi connectivity index (χ0n) is 30.9. The first-order valence-corrected chi connectivity index (χ1v) is 19.2. The van der Waals surface area contributed by atoms with Crippen molar-refractivity contribution in [1.82, 2.24) is 26.2 Å². The fraction of sp³-hybridized carbons (Fsp3) is 0.686. The molecule has 1 aliphatic rings. The van der Waals surface area contributed by atoms with Gasteiger partial charge in [0, 0.05) is 13.1 Å². The fourth-order valence-corrected chi connectivity index (χ4v) is 5.89.